The quantitative estimate of drug-likeness (QED) is 0.738. The fraction of sp³-hybridized carbons (Fsp3) is 0. The van der Waals surface area contributed by atoms with Crippen LogP contribution >= 0.6 is 34.8 Å². The summed E-state index contributed by atoms with van der Waals surface area (Å²) in [6.45, 7) is 0. The Morgan fingerprint density at radius 3 is 2.48 bits per heavy atom. The van der Waals surface area contributed by atoms with Gasteiger partial charge in [-0.1, -0.05) is 40.9 Å². The van der Waals surface area contributed by atoms with Gasteiger partial charge in [-0.15, -0.1) is 0 Å². The number of rotatable bonds is 3. The molecule has 0 aliphatic heterocycles. The Morgan fingerprint density at radius 2 is 1.81 bits per heavy atom. The van der Waals surface area contributed by atoms with Gasteiger partial charge in [0.2, 0.25) is 5.91 Å². The lowest BCUT2D eigenvalue weighted by Crippen LogP contribution is -2.09. The van der Waals surface area contributed by atoms with Crippen molar-refractivity contribution in [3.63, 3.8) is 0 Å². The summed E-state index contributed by atoms with van der Waals surface area (Å²) < 4.78 is 13.5. The molecule has 0 aliphatic rings. The monoisotopic (exact) mass is 343 g/mol. The summed E-state index contributed by atoms with van der Waals surface area (Å²) in [6, 6.07) is 8.96. The molecule has 0 radical (unpaired) electrons. The average molecular weight is 345 g/mol. The number of hydrogen-bond acceptors (Lipinski definition) is 1. The van der Waals surface area contributed by atoms with Crippen molar-refractivity contribution in [2.24, 2.45) is 0 Å². The number of benzene rings is 2. The molecule has 2 nitrogen and oxygen atoms in total. The van der Waals surface area contributed by atoms with E-state index in [1.807, 2.05) is 0 Å². The molecule has 108 valence electrons. The first-order chi connectivity index (χ1) is 9.95. The Balaban J connectivity index is 2.07. The highest BCUT2D eigenvalue weighted by atomic mass is 35.5. The van der Waals surface area contributed by atoms with E-state index in [1.165, 1.54) is 18.2 Å². The third-order valence-electron chi connectivity index (χ3n) is 2.56. The number of carbonyl (C=O) groups is 1. The molecule has 6 heteroatoms. The van der Waals surface area contributed by atoms with E-state index in [2.05, 4.69) is 5.32 Å². The van der Waals surface area contributed by atoms with Gasteiger partial charge in [0.15, 0.2) is 0 Å². The first-order valence-corrected chi connectivity index (χ1v) is 6.98. The van der Waals surface area contributed by atoms with Gasteiger partial charge in [0, 0.05) is 11.1 Å². The fourth-order valence-corrected chi connectivity index (χ4v) is 2.02. The summed E-state index contributed by atoms with van der Waals surface area (Å²) in [7, 11) is 0. The van der Waals surface area contributed by atoms with Crippen LogP contribution in [0.3, 0.4) is 0 Å². The first-order valence-electron chi connectivity index (χ1n) is 5.85. The van der Waals surface area contributed by atoms with E-state index in [-0.39, 0.29) is 10.7 Å². The molecule has 0 saturated heterocycles. The van der Waals surface area contributed by atoms with Crippen LogP contribution in [0.5, 0.6) is 0 Å². The smallest absolute Gasteiger partial charge is 0.248 e. The average Bonchev–Trinajstić information content (AvgIpc) is 2.43. The lowest BCUT2D eigenvalue weighted by molar-refractivity contribution is -0.111. The van der Waals surface area contributed by atoms with Crippen LogP contribution in [0.1, 0.15) is 5.56 Å². The number of halogens is 4. The summed E-state index contributed by atoms with van der Waals surface area (Å²) in [4.78, 5) is 11.7. The molecule has 0 atom stereocenters. The van der Waals surface area contributed by atoms with Crippen molar-refractivity contribution in [2.75, 3.05) is 5.32 Å². The van der Waals surface area contributed by atoms with Crippen LogP contribution in [0.2, 0.25) is 15.1 Å². The predicted octanol–water partition coefficient (Wildman–Crippen LogP) is 5.44. The minimum absolute atomic E-state index is 0.0585. The van der Waals surface area contributed by atoms with Crippen LogP contribution in [0, 0.1) is 5.82 Å². The van der Waals surface area contributed by atoms with Crippen LogP contribution in [0.15, 0.2) is 42.5 Å². The molecule has 21 heavy (non-hydrogen) atoms. The molecule has 2 rings (SSSR count). The highest BCUT2D eigenvalue weighted by Gasteiger charge is 2.05. The minimum Gasteiger partial charge on any atom is -0.320 e. The zero-order chi connectivity index (χ0) is 15.4. The van der Waals surface area contributed by atoms with Gasteiger partial charge in [-0.2, -0.15) is 0 Å². The van der Waals surface area contributed by atoms with Crippen LogP contribution < -0.4 is 5.32 Å². The van der Waals surface area contributed by atoms with Gasteiger partial charge in [-0.3, -0.25) is 4.79 Å². The second-order valence-electron chi connectivity index (χ2n) is 4.12. The standard InChI is InChI=1S/C15H9Cl3FNO/c16-10-3-5-14(13(19)8-10)20-15(21)6-2-9-1-4-11(17)12(18)7-9/h1-8H,(H,20,21). The minimum atomic E-state index is -0.598. The summed E-state index contributed by atoms with van der Waals surface area (Å²) in [5, 5.41) is 3.50. The van der Waals surface area contributed by atoms with Gasteiger partial charge < -0.3 is 5.32 Å². The van der Waals surface area contributed by atoms with Gasteiger partial charge in [-0.25, -0.2) is 4.39 Å². The van der Waals surface area contributed by atoms with Crippen molar-refractivity contribution < 1.29 is 9.18 Å². The Bertz CT molecular complexity index is 716. The molecule has 1 amide bonds. The maximum atomic E-state index is 13.5. The van der Waals surface area contributed by atoms with Crippen LogP contribution in [-0.4, -0.2) is 5.91 Å². The molecule has 0 heterocycles. The molecule has 2 aromatic carbocycles. The topological polar surface area (TPSA) is 29.1 Å². The summed E-state index contributed by atoms with van der Waals surface area (Å²) >= 11 is 17.3. The third kappa shape index (κ3) is 4.46. The molecule has 0 fully saturated rings. The first kappa shape index (κ1) is 15.8. The van der Waals surface area contributed by atoms with E-state index >= 15 is 0 Å². The molecule has 0 aliphatic carbocycles. The van der Waals surface area contributed by atoms with Crippen molar-refractivity contribution in [1.82, 2.24) is 0 Å². The second kappa shape index (κ2) is 6.94. The highest BCUT2D eigenvalue weighted by molar-refractivity contribution is 6.42. The van der Waals surface area contributed by atoms with Crippen LogP contribution in [0.25, 0.3) is 6.08 Å². The zero-order valence-electron chi connectivity index (χ0n) is 10.5. The van der Waals surface area contributed by atoms with Gasteiger partial charge in [-0.05, 0) is 42.0 Å². The molecular weight excluding hydrogens is 336 g/mol. The fourth-order valence-electron chi connectivity index (χ4n) is 1.55. The summed E-state index contributed by atoms with van der Waals surface area (Å²) in [5.74, 6) is -1.07. The molecule has 0 aromatic heterocycles. The Kier molecular flexibility index (Phi) is 5.23. The van der Waals surface area contributed by atoms with E-state index in [0.717, 1.165) is 6.07 Å². The molecule has 0 saturated carbocycles. The van der Waals surface area contributed by atoms with Gasteiger partial charge >= 0.3 is 0 Å². The zero-order valence-corrected chi connectivity index (χ0v) is 12.8. The third-order valence-corrected chi connectivity index (χ3v) is 3.53. The molecular formula is C15H9Cl3FNO. The lowest BCUT2D eigenvalue weighted by atomic mass is 10.2. The Labute approximate surface area is 136 Å². The largest absolute Gasteiger partial charge is 0.320 e. The second-order valence-corrected chi connectivity index (χ2v) is 5.37. The highest BCUT2D eigenvalue weighted by Crippen LogP contribution is 2.23. The molecule has 2 aromatic rings. The van der Waals surface area contributed by atoms with Crippen molar-refractivity contribution >= 4 is 52.5 Å². The van der Waals surface area contributed by atoms with Crippen molar-refractivity contribution in [3.05, 3.63) is 68.9 Å². The lowest BCUT2D eigenvalue weighted by Gasteiger charge is -2.04. The Hall–Kier alpha value is -1.55. The Morgan fingerprint density at radius 1 is 1.05 bits per heavy atom. The van der Waals surface area contributed by atoms with E-state index in [9.17, 15) is 9.18 Å². The maximum Gasteiger partial charge on any atom is 0.248 e. The normalized spacial score (nSPS) is 10.9. The number of amides is 1. The van der Waals surface area contributed by atoms with Crippen molar-refractivity contribution in [3.8, 4) is 0 Å². The van der Waals surface area contributed by atoms with E-state index in [4.69, 9.17) is 34.8 Å². The molecule has 0 spiro atoms. The summed E-state index contributed by atoms with van der Waals surface area (Å²) in [5.41, 5.74) is 0.763. The summed E-state index contributed by atoms with van der Waals surface area (Å²) in [6.07, 6.45) is 2.82. The number of nitrogens with one attached hydrogen (secondary N) is 1. The van der Waals surface area contributed by atoms with Crippen molar-refractivity contribution in [1.29, 1.82) is 0 Å². The maximum absolute atomic E-state index is 13.5. The number of anilines is 1. The van der Waals surface area contributed by atoms with E-state index in [0.29, 0.717) is 15.6 Å². The SMILES string of the molecule is O=C(C=Cc1ccc(Cl)c(Cl)c1)Nc1ccc(Cl)cc1F. The van der Waals surface area contributed by atoms with E-state index < -0.39 is 11.7 Å². The van der Waals surface area contributed by atoms with Gasteiger partial charge in [0.1, 0.15) is 5.82 Å². The van der Waals surface area contributed by atoms with Gasteiger partial charge in [0.25, 0.3) is 0 Å². The number of carbonyl (C=O) groups excluding carboxylic acids is 1. The molecule has 0 unspecified atom stereocenters. The molecule has 1 N–H and O–H groups in total. The van der Waals surface area contributed by atoms with Crippen molar-refractivity contribution in [2.45, 2.75) is 0 Å². The van der Waals surface area contributed by atoms with E-state index in [1.54, 1.807) is 24.3 Å². The molecule has 0 bridgehead atoms. The predicted molar refractivity (Wildman–Crippen MR) is 85.5 cm³/mol. The van der Waals surface area contributed by atoms with Gasteiger partial charge in [0.05, 0.1) is 15.7 Å². The van der Waals surface area contributed by atoms with Crippen LogP contribution in [0.4, 0.5) is 10.1 Å². The van der Waals surface area contributed by atoms with Crippen LogP contribution in [-0.2, 0) is 4.79 Å². The number of hydrogen-bond donors (Lipinski definition) is 1.